The van der Waals surface area contributed by atoms with E-state index in [-0.39, 0.29) is 0 Å². The van der Waals surface area contributed by atoms with Gasteiger partial charge in [0.2, 0.25) is 0 Å². The average Bonchev–Trinajstić information content (AvgIpc) is 2.68. The Kier molecular flexibility index (Phi) is 12.8. The lowest BCUT2D eigenvalue weighted by molar-refractivity contribution is 0.138. The van der Waals surface area contributed by atoms with Gasteiger partial charge in [-0.15, -0.1) is 0 Å². The van der Waals surface area contributed by atoms with Crippen LogP contribution >= 0.6 is 7.82 Å². The van der Waals surface area contributed by atoms with Gasteiger partial charge in [0.1, 0.15) is 5.75 Å². The molecular formula is C23H41O4P. The highest BCUT2D eigenvalue weighted by molar-refractivity contribution is 7.48. The maximum atomic E-state index is 13.3. The quantitative estimate of drug-likeness (QED) is 0.258. The number of phosphoric acid groups is 1. The third-order valence-electron chi connectivity index (χ3n) is 5.34. The van der Waals surface area contributed by atoms with Crippen LogP contribution < -0.4 is 4.52 Å². The number of rotatable bonds is 16. The van der Waals surface area contributed by atoms with Gasteiger partial charge in [0, 0.05) is 0 Å². The average molecular weight is 413 g/mol. The fourth-order valence-electron chi connectivity index (χ4n) is 3.40. The minimum Gasteiger partial charge on any atom is -0.404 e. The fourth-order valence-corrected chi connectivity index (χ4v) is 4.62. The van der Waals surface area contributed by atoms with Crippen LogP contribution in [0.15, 0.2) is 24.3 Å². The van der Waals surface area contributed by atoms with Crippen molar-refractivity contribution in [1.82, 2.24) is 0 Å². The highest BCUT2D eigenvalue weighted by atomic mass is 31.2. The van der Waals surface area contributed by atoms with Gasteiger partial charge >= 0.3 is 7.82 Å². The molecule has 0 saturated heterocycles. The highest BCUT2D eigenvalue weighted by Crippen LogP contribution is 2.50. The normalized spacial score (nSPS) is 15.8. The molecule has 0 saturated carbocycles. The Morgan fingerprint density at radius 1 is 0.786 bits per heavy atom. The van der Waals surface area contributed by atoms with Gasteiger partial charge in [-0.05, 0) is 43.7 Å². The largest absolute Gasteiger partial charge is 0.530 e. The molecule has 162 valence electrons. The summed E-state index contributed by atoms with van der Waals surface area (Å²) in [6, 6.07) is 7.49. The molecular weight excluding hydrogens is 371 g/mol. The third kappa shape index (κ3) is 10.1. The summed E-state index contributed by atoms with van der Waals surface area (Å²) in [5.74, 6) is 1.70. The van der Waals surface area contributed by atoms with Crippen molar-refractivity contribution < 1.29 is 18.1 Å². The Bertz CT molecular complexity index is 534. The predicted octanol–water partition coefficient (Wildman–Crippen LogP) is 7.95. The first kappa shape index (κ1) is 25.2. The Balaban J connectivity index is 2.69. The van der Waals surface area contributed by atoms with Crippen molar-refractivity contribution >= 4 is 7.82 Å². The number of phosphoric ester groups is 1. The van der Waals surface area contributed by atoms with Crippen molar-refractivity contribution in [3.8, 4) is 5.75 Å². The molecule has 28 heavy (non-hydrogen) atoms. The zero-order valence-corrected chi connectivity index (χ0v) is 19.5. The summed E-state index contributed by atoms with van der Waals surface area (Å²) < 4.78 is 30.4. The Morgan fingerprint density at radius 2 is 1.25 bits per heavy atom. The molecule has 5 heteroatoms. The summed E-state index contributed by atoms with van der Waals surface area (Å²) in [5, 5.41) is 0. The van der Waals surface area contributed by atoms with Crippen LogP contribution in [0.3, 0.4) is 0 Å². The van der Waals surface area contributed by atoms with Crippen LogP contribution in [-0.4, -0.2) is 13.2 Å². The van der Waals surface area contributed by atoms with E-state index < -0.39 is 7.82 Å². The van der Waals surface area contributed by atoms with E-state index in [2.05, 4.69) is 27.7 Å². The second kappa shape index (κ2) is 14.2. The summed E-state index contributed by atoms with van der Waals surface area (Å²) in [6.45, 7) is 11.6. The number of hydrogen-bond donors (Lipinski definition) is 0. The molecule has 0 aliphatic carbocycles. The maximum Gasteiger partial charge on any atom is 0.530 e. The zero-order chi connectivity index (χ0) is 20.8. The van der Waals surface area contributed by atoms with Gasteiger partial charge < -0.3 is 4.52 Å². The van der Waals surface area contributed by atoms with Crippen LogP contribution in [0.1, 0.15) is 84.6 Å². The van der Waals surface area contributed by atoms with Crippen LogP contribution in [0.2, 0.25) is 0 Å². The minimum atomic E-state index is -3.63. The zero-order valence-electron chi connectivity index (χ0n) is 18.6. The molecule has 0 aliphatic rings. The van der Waals surface area contributed by atoms with E-state index in [0.29, 0.717) is 30.8 Å². The molecule has 2 unspecified atom stereocenters. The Hall–Kier alpha value is -0.830. The van der Waals surface area contributed by atoms with E-state index in [4.69, 9.17) is 13.6 Å². The highest BCUT2D eigenvalue weighted by Gasteiger charge is 2.29. The van der Waals surface area contributed by atoms with Gasteiger partial charge in [-0.3, -0.25) is 9.05 Å². The number of hydrogen-bond acceptors (Lipinski definition) is 4. The van der Waals surface area contributed by atoms with Gasteiger partial charge in [-0.1, -0.05) is 83.9 Å². The minimum absolute atomic E-state index is 0.397. The van der Waals surface area contributed by atoms with Crippen LogP contribution in [0.25, 0.3) is 0 Å². The molecule has 0 spiro atoms. The van der Waals surface area contributed by atoms with Gasteiger partial charge in [-0.2, -0.15) is 0 Å². The molecule has 0 aliphatic heterocycles. The van der Waals surface area contributed by atoms with Crippen molar-refractivity contribution in [3.63, 3.8) is 0 Å². The van der Waals surface area contributed by atoms with E-state index in [0.717, 1.165) is 44.1 Å². The molecule has 0 amide bonds. The summed E-state index contributed by atoms with van der Waals surface area (Å²) in [5.41, 5.74) is 1.12. The standard InChI is InChI=1S/C23H41O4P/c1-6-10-21(8-3)16-18-25-28(24,26-19-17-22(9-4)11-7-2)27-23-14-12-20(5)13-15-23/h12-15,21-22H,6-11,16-19H2,1-5H3. The first-order valence-electron chi connectivity index (χ1n) is 11.1. The molecule has 1 aromatic carbocycles. The van der Waals surface area contributed by atoms with Gasteiger partial charge in [-0.25, -0.2) is 4.57 Å². The second-order valence-corrected chi connectivity index (χ2v) is 9.31. The SMILES string of the molecule is CCCC(CC)CCOP(=O)(OCCC(CC)CCC)Oc1ccc(C)cc1. The maximum absolute atomic E-state index is 13.3. The van der Waals surface area contributed by atoms with Crippen molar-refractivity contribution in [3.05, 3.63) is 29.8 Å². The fraction of sp³-hybridized carbons (Fsp3) is 0.739. The van der Waals surface area contributed by atoms with E-state index in [9.17, 15) is 4.57 Å². The number of benzene rings is 1. The van der Waals surface area contributed by atoms with Gasteiger partial charge in [0.25, 0.3) is 0 Å². The molecule has 2 atom stereocenters. The third-order valence-corrected chi connectivity index (χ3v) is 6.77. The first-order valence-corrected chi connectivity index (χ1v) is 12.6. The van der Waals surface area contributed by atoms with Crippen LogP contribution in [-0.2, 0) is 13.6 Å². The Morgan fingerprint density at radius 3 is 1.64 bits per heavy atom. The van der Waals surface area contributed by atoms with E-state index in [1.54, 1.807) is 0 Å². The van der Waals surface area contributed by atoms with Crippen LogP contribution in [0.5, 0.6) is 5.75 Å². The van der Waals surface area contributed by atoms with Crippen molar-refractivity contribution in [2.45, 2.75) is 86.0 Å². The van der Waals surface area contributed by atoms with Crippen molar-refractivity contribution in [2.75, 3.05) is 13.2 Å². The van der Waals surface area contributed by atoms with Crippen molar-refractivity contribution in [2.24, 2.45) is 11.8 Å². The summed E-state index contributed by atoms with van der Waals surface area (Å²) in [7, 11) is -3.63. The summed E-state index contributed by atoms with van der Waals surface area (Å²) in [6.07, 6.45) is 8.61. The monoisotopic (exact) mass is 412 g/mol. The lowest BCUT2D eigenvalue weighted by Crippen LogP contribution is -2.10. The molecule has 0 heterocycles. The van der Waals surface area contributed by atoms with Gasteiger partial charge in [0.05, 0.1) is 13.2 Å². The van der Waals surface area contributed by atoms with E-state index in [1.165, 1.54) is 12.8 Å². The predicted molar refractivity (Wildman–Crippen MR) is 118 cm³/mol. The summed E-state index contributed by atoms with van der Waals surface area (Å²) in [4.78, 5) is 0. The topological polar surface area (TPSA) is 44.8 Å². The Labute approximate surface area is 173 Å². The van der Waals surface area contributed by atoms with E-state index in [1.807, 2.05) is 31.2 Å². The second-order valence-electron chi connectivity index (χ2n) is 7.72. The smallest absolute Gasteiger partial charge is 0.404 e. The lowest BCUT2D eigenvalue weighted by atomic mass is 9.98. The van der Waals surface area contributed by atoms with Crippen molar-refractivity contribution in [1.29, 1.82) is 0 Å². The molecule has 0 fully saturated rings. The molecule has 1 aromatic rings. The molecule has 0 aromatic heterocycles. The first-order chi connectivity index (χ1) is 13.5. The van der Waals surface area contributed by atoms with Crippen LogP contribution in [0, 0.1) is 18.8 Å². The lowest BCUT2D eigenvalue weighted by Gasteiger charge is -2.21. The molecule has 0 radical (unpaired) electrons. The van der Waals surface area contributed by atoms with Crippen LogP contribution in [0.4, 0.5) is 0 Å². The number of aryl methyl sites for hydroxylation is 1. The molecule has 4 nitrogen and oxygen atoms in total. The molecule has 0 bridgehead atoms. The van der Waals surface area contributed by atoms with E-state index >= 15 is 0 Å². The summed E-state index contributed by atoms with van der Waals surface area (Å²) >= 11 is 0. The molecule has 1 rings (SSSR count). The molecule has 0 N–H and O–H groups in total. The van der Waals surface area contributed by atoms with Gasteiger partial charge in [0.15, 0.2) is 0 Å².